The normalized spacial score (nSPS) is 12.0. The van der Waals surface area contributed by atoms with Gasteiger partial charge in [0.15, 0.2) is 0 Å². The number of ketones is 1. The van der Waals surface area contributed by atoms with Crippen LogP contribution in [0.3, 0.4) is 0 Å². The van der Waals surface area contributed by atoms with Gasteiger partial charge in [0, 0.05) is 18.9 Å². The Kier molecular flexibility index (Phi) is 8.85. The summed E-state index contributed by atoms with van der Waals surface area (Å²) in [7, 11) is 2.40. The van der Waals surface area contributed by atoms with E-state index >= 15 is 0 Å². The molecule has 0 aromatic heterocycles. The number of amides is 1. The van der Waals surface area contributed by atoms with Crippen LogP contribution in [0.1, 0.15) is 20.3 Å². The third-order valence-electron chi connectivity index (χ3n) is 2.27. The van der Waals surface area contributed by atoms with Gasteiger partial charge in [0.1, 0.15) is 11.5 Å². The predicted molar refractivity (Wildman–Crippen MR) is 78.5 cm³/mol. The van der Waals surface area contributed by atoms with E-state index < -0.39 is 17.8 Å². The first kappa shape index (κ1) is 19.3. The van der Waals surface area contributed by atoms with Crippen LogP contribution in [0.5, 0.6) is 0 Å². The zero-order chi connectivity index (χ0) is 17.1. The fourth-order valence-electron chi connectivity index (χ4n) is 1.38. The summed E-state index contributed by atoms with van der Waals surface area (Å²) < 4.78 is 9.07. The van der Waals surface area contributed by atoms with Crippen molar-refractivity contribution in [1.29, 1.82) is 0 Å². The number of carbonyl (C=O) groups excluding carboxylic acids is 4. The fraction of sp³-hybridized carbons (Fsp3) is 0.333. The number of methoxy groups -OCH3 is 2. The van der Waals surface area contributed by atoms with Crippen LogP contribution < -0.4 is 5.32 Å². The molecule has 0 saturated carbocycles. The monoisotopic (exact) mass is 309 g/mol. The van der Waals surface area contributed by atoms with E-state index in [9.17, 15) is 19.2 Å². The molecule has 0 unspecified atom stereocenters. The van der Waals surface area contributed by atoms with Crippen molar-refractivity contribution in [2.75, 3.05) is 14.2 Å². The maximum atomic E-state index is 11.5. The molecule has 0 aliphatic rings. The van der Waals surface area contributed by atoms with Crippen molar-refractivity contribution in [2.45, 2.75) is 20.3 Å². The highest BCUT2D eigenvalue weighted by atomic mass is 16.5. The highest BCUT2D eigenvalue weighted by Crippen LogP contribution is 2.05. The van der Waals surface area contributed by atoms with Gasteiger partial charge in [0.25, 0.3) is 0 Å². The number of rotatable bonds is 7. The summed E-state index contributed by atoms with van der Waals surface area (Å²) in [5, 5.41) is 2.31. The molecule has 0 aliphatic carbocycles. The first-order chi connectivity index (χ1) is 10.3. The maximum absolute atomic E-state index is 11.5. The lowest BCUT2D eigenvalue weighted by Crippen LogP contribution is -2.25. The molecule has 0 aromatic carbocycles. The number of hydrogen-bond acceptors (Lipinski definition) is 6. The van der Waals surface area contributed by atoms with Gasteiger partial charge in [0.05, 0.1) is 14.2 Å². The maximum Gasteiger partial charge on any atom is 0.354 e. The lowest BCUT2D eigenvalue weighted by atomic mass is 10.1. The fourth-order valence-corrected chi connectivity index (χ4v) is 1.38. The molecule has 0 aromatic rings. The minimum absolute atomic E-state index is 0.0502. The molecule has 1 amide bonds. The quantitative estimate of drug-likeness (QED) is 0.424. The first-order valence-electron chi connectivity index (χ1n) is 6.33. The number of allylic oxidation sites excluding steroid dienone is 4. The molecular weight excluding hydrogens is 290 g/mol. The summed E-state index contributed by atoms with van der Waals surface area (Å²) >= 11 is 0. The Labute approximate surface area is 128 Å². The molecule has 0 fully saturated rings. The third-order valence-corrected chi connectivity index (χ3v) is 2.27. The average molecular weight is 309 g/mol. The molecule has 1 N–H and O–H groups in total. The molecule has 0 rings (SSSR count). The van der Waals surface area contributed by atoms with Crippen molar-refractivity contribution >= 4 is 23.6 Å². The summed E-state index contributed by atoms with van der Waals surface area (Å²) in [4.78, 5) is 44.9. The second-order valence-electron chi connectivity index (χ2n) is 4.20. The zero-order valence-corrected chi connectivity index (χ0v) is 13.0. The van der Waals surface area contributed by atoms with Gasteiger partial charge in [-0.3, -0.25) is 9.59 Å². The molecule has 7 nitrogen and oxygen atoms in total. The summed E-state index contributed by atoms with van der Waals surface area (Å²) in [6.07, 6.45) is 5.51. The predicted octanol–water partition coefficient (Wildman–Crippen LogP) is 0.814. The van der Waals surface area contributed by atoms with Crippen LogP contribution >= 0.6 is 0 Å². The van der Waals surface area contributed by atoms with E-state index in [0.29, 0.717) is 0 Å². The van der Waals surface area contributed by atoms with Gasteiger partial charge in [-0.05, 0) is 13.0 Å². The van der Waals surface area contributed by atoms with Gasteiger partial charge in [-0.25, -0.2) is 9.59 Å². The molecule has 0 heterocycles. The van der Waals surface area contributed by atoms with E-state index in [2.05, 4.69) is 14.8 Å². The van der Waals surface area contributed by atoms with Crippen molar-refractivity contribution < 1.29 is 28.7 Å². The Balaban J connectivity index is 5.16. The van der Waals surface area contributed by atoms with Gasteiger partial charge in [-0.2, -0.15) is 0 Å². The largest absolute Gasteiger partial charge is 0.466 e. The number of ether oxygens (including phenoxy) is 2. The van der Waals surface area contributed by atoms with E-state index in [4.69, 9.17) is 0 Å². The average Bonchev–Trinajstić information content (AvgIpc) is 2.46. The van der Waals surface area contributed by atoms with Crippen LogP contribution in [-0.2, 0) is 28.7 Å². The second-order valence-corrected chi connectivity index (χ2v) is 4.20. The molecule has 0 saturated heterocycles. The number of esters is 2. The summed E-state index contributed by atoms with van der Waals surface area (Å²) in [5.74, 6) is -1.93. The van der Waals surface area contributed by atoms with Crippen molar-refractivity contribution in [2.24, 2.45) is 0 Å². The summed E-state index contributed by atoms with van der Waals surface area (Å²) in [5.41, 5.74) is 0.129. The molecule has 0 bridgehead atoms. The van der Waals surface area contributed by atoms with Gasteiger partial charge in [0.2, 0.25) is 5.91 Å². The first-order valence-corrected chi connectivity index (χ1v) is 6.33. The van der Waals surface area contributed by atoms with Gasteiger partial charge in [-0.1, -0.05) is 18.2 Å². The van der Waals surface area contributed by atoms with Crippen molar-refractivity contribution in [3.8, 4) is 0 Å². The molecule has 0 radical (unpaired) electrons. The molecule has 120 valence electrons. The van der Waals surface area contributed by atoms with Crippen molar-refractivity contribution in [3.05, 3.63) is 35.6 Å². The zero-order valence-electron chi connectivity index (χ0n) is 13.0. The smallest absolute Gasteiger partial charge is 0.354 e. The van der Waals surface area contributed by atoms with E-state index in [1.807, 2.05) is 0 Å². The van der Waals surface area contributed by atoms with Crippen LogP contribution in [0.2, 0.25) is 0 Å². The summed E-state index contributed by atoms with van der Waals surface area (Å²) in [6, 6.07) is 0. The van der Waals surface area contributed by atoms with Crippen LogP contribution in [-0.4, -0.2) is 37.8 Å². The lowest BCUT2D eigenvalue weighted by molar-refractivity contribution is -0.138. The van der Waals surface area contributed by atoms with Crippen LogP contribution in [0.4, 0.5) is 0 Å². The molecular formula is C15H19NO6. The lowest BCUT2D eigenvalue weighted by Gasteiger charge is -2.04. The molecule has 7 heteroatoms. The second kappa shape index (κ2) is 10.1. The van der Waals surface area contributed by atoms with Crippen LogP contribution in [0.25, 0.3) is 0 Å². The topological polar surface area (TPSA) is 98.8 Å². The third kappa shape index (κ3) is 7.78. The van der Waals surface area contributed by atoms with Gasteiger partial charge >= 0.3 is 11.9 Å². The molecule has 0 aliphatic heterocycles. The Morgan fingerprint density at radius 2 is 1.45 bits per heavy atom. The van der Waals surface area contributed by atoms with Crippen LogP contribution in [0.15, 0.2) is 35.6 Å². The minimum atomic E-state index is -0.708. The van der Waals surface area contributed by atoms with E-state index in [0.717, 1.165) is 0 Å². The molecule has 0 spiro atoms. The standard InChI is InChI=1S/C15H19NO6/c1-10(17)9-12(14(19)21-3)7-5-6-8-13(15(20)22-4)16-11(2)18/h5-8H,9H2,1-4H3,(H,16,18)/b6-5+,12-7-,13-8-. The van der Waals surface area contributed by atoms with Gasteiger partial charge < -0.3 is 14.8 Å². The Hall–Kier alpha value is -2.70. The number of Topliss-reactive ketones (excluding diaryl/α,β-unsaturated/α-hetero) is 1. The number of nitrogens with one attached hydrogen (secondary N) is 1. The number of carbonyl (C=O) groups is 4. The Bertz CT molecular complexity index is 494. The SMILES string of the molecule is COC(=O)\C(=C/C=C/C=C(\NC(C)=O)C(=O)OC)CC(C)=O. The highest BCUT2D eigenvalue weighted by Gasteiger charge is 2.11. The van der Waals surface area contributed by atoms with Crippen molar-refractivity contribution in [1.82, 2.24) is 5.32 Å². The van der Waals surface area contributed by atoms with E-state index in [1.54, 1.807) is 0 Å². The molecule has 0 atom stereocenters. The number of hydrogen-bond donors (Lipinski definition) is 1. The van der Waals surface area contributed by atoms with E-state index in [-0.39, 0.29) is 23.5 Å². The summed E-state index contributed by atoms with van der Waals surface area (Å²) in [6.45, 7) is 2.61. The Morgan fingerprint density at radius 3 is 1.91 bits per heavy atom. The van der Waals surface area contributed by atoms with Gasteiger partial charge in [-0.15, -0.1) is 0 Å². The van der Waals surface area contributed by atoms with E-state index in [1.165, 1.54) is 52.4 Å². The minimum Gasteiger partial charge on any atom is -0.466 e. The highest BCUT2D eigenvalue weighted by molar-refractivity contribution is 5.95. The Morgan fingerprint density at radius 1 is 0.909 bits per heavy atom. The van der Waals surface area contributed by atoms with Crippen LogP contribution in [0, 0.1) is 0 Å². The molecule has 22 heavy (non-hydrogen) atoms. The van der Waals surface area contributed by atoms with Crippen molar-refractivity contribution in [3.63, 3.8) is 0 Å².